The second-order valence-electron chi connectivity index (χ2n) is 4.41. The first-order valence-electron chi connectivity index (χ1n) is 5.86. The standard InChI is InChI=1S/C14H11Cl2N3/c1-19-13-4-2-3-10(14(13)17-18-19)7-9-5-6-11(15)8-12(9)16/h2-6,8H,7H2,1H3. The molecule has 3 aromatic rings. The maximum Gasteiger partial charge on any atom is 0.116 e. The highest BCUT2D eigenvalue weighted by atomic mass is 35.5. The van der Waals surface area contributed by atoms with E-state index < -0.39 is 0 Å². The predicted octanol–water partition coefficient (Wildman–Crippen LogP) is 3.87. The molecule has 0 atom stereocenters. The van der Waals surface area contributed by atoms with E-state index in [-0.39, 0.29) is 0 Å². The van der Waals surface area contributed by atoms with Crippen LogP contribution in [0.15, 0.2) is 36.4 Å². The van der Waals surface area contributed by atoms with Crippen LogP contribution in [0.25, 0.3) is 11.0 Å². The Hall–Kier alpha value is -1.58. The number of aromatic nitrogens is 3. The lowest BCUT2D eigenvalue weighted by Gasteiger charge is -2.05. The third kappa shape index (κ3) is 2.31. The highest BCUT2D eigenvalue weighted by molar-refractivity contribution is 6.35. The van der Waals surface area contributed by atoms with Crippen LogP contribution in [-0.4, -0.2) is 15.0 Å². The lowest BCUT2D eigenvalue weighted by molar-refractivity contribution is 0.736. The minimum absolute atomic E-state index is 0.645. The van der Waals surface area contributed by atoms with Crippen LogP contribution >= 0.6 is 23.2 Å². The van der Waals surface area contributed by atoms with Gasteiger partial charge in [-0.15, -0.1) is 5.10 Å². The Morgan fingerprint density at radius 2 is 1.95 bits per heavy atom. The van der Waals surface area contributed by atoms with E-state index in [9.17, 15) is 0 Å². The van der Waals surface area contributed by atoms with Crippen molar-refractivity contribution in [1.29, 1.82) is 0 Å². The minimum atomic E-state index is 0.645. The fourth-order valence-electron chi connectivity index (χ4n) is 2.13. The maximum absolute atomic E-state index is 6.21. The first-order chi connectivity index (χ1) is 9.15. The first-order valence-corrected chi connectivity index (χ1v) is 6.62. The summed E-state index contributed by atoms with van der Waals surface area (Å²) in [6.45, 7) is 0. The number of hydrogen-bond acceptors (Lipinski definition) is 2. The van der Waals surface area contributed by atoms with Crippen LogP contribution in [0.3, 0.4) is 0 Å². The molecule has 3 nitrogen and oxygen atoms in total. The Morgan fingerprint density at radius 3 is 2.74 bits per heavy atom. The molecule has 0 aliphatic heterocycles. The Kier molecular flexibility index (Phi) is 3.17. The van der Waals surface area contributed by atoms with Crippen molar-refractivity contribution in [2.75, 3.05) is 0 Å². The summed E-state index contributed by atoms with van der Waals surface area (Å²) < 4.78 is 1.77. The van der Waals surface area contributed by atoms with Gasteiger partial charge in [-0.1, -0.05) is 46.6 Å². The number of halogens is 2. The average molecular weight is 292 g/mol. The number of fused-ring (bicyclic) bond motifs is 1. The maximum atomic E-state index is 6.21. The van der Waals surface area contributed by atoms with Crippen molar-refractivity contribution in [2.45, 2.75) is 6.42 Å². The molecule has 0 bridgehead atoms. The second-order valence-corrected chi connectivity index (χ2v) is 5.25. The van der Waals surface area contributed by atoms with E-state index in [1.807, 2.05) is 37.4 Å². The molecule has 0 unspecified atom stereocenters. The van der Waals surface area contributed by atoms with E-state index in [0.717, 1.165) is 22.2 Å². The number of benzene rings is 2. The number of hydrogen-bond donors (Lipinski definition) is 0. The summed E-state index contributed by atoms with van der Waals surface area (Å²) in [6.07, 6.45) is 0.714. The zero-order chi connectivity index (χ0) is 13.4. The molecule has 0 spiro atoms. The summed E-state index contributed by atoms with van der Waals surface area (Å²) in [7, 11) is 1.88. The molecule has 0 aliphatic rings. The monoisotopic (exact) mass is 291 g/mol. The van der Waals surface area contributed by atoms with Crippen molar-refractivity contribution in [2.24, 2.45) is 7.05 Å². The van der Waals surface area contributed by atoms with Gasteiger partial charge in [0.25, 0.3) is 0 Å². The molecule has 1 aromatic heterocycles. The lowest BCUT2D eigenvalue weighted by atomic mass is 10.0. The van der Waals surface area contributed by atoms with Crippen LogP contribution in [0.2, 0.25) is 10.0 Å². The van der Waals surface area contributed by atoms with Gasteiger partial charge in [0.15, 0.2) is 0 Å². The largest absolute Gasteiger partial charge is 0.248 e. The fourth-order valence-corrected chi connectivity index (χ4v) is 2.60. The Labute approximate surface area is 120 Å². The van der Waals surface area contributed by atoms with Gasteiger partial charge in [0, 0.05) is 23.5 Å². The van der Waals surface area contributed by atoms with E-state index in [2.05, 4.69) is 10.3 Å². The summed E-state index contributed by atoms with van der Waals surface area (Å²) in [5.41, 5.74) is 4.07. The SMILES string of the molecule is Cn1nnc2c(Cc3ccc(Cl)cc3Cl)cccc21. The number of nitrogens with zero attached hydrogens (tertiary/aromatic N) is 3. The molecular weight excluding hydrogens is 281 g/mol. The van der Waals surface area contributed by atoms with Gasteiger partial charge in [-0.2, -0.15) is 0 Å². The van der Waals surface area contributed by atoms with Gasteiger partial charge in [0.1, 0.15) is 5.52 Å². The molecule has 96 valence electrons. The zero-order valence-corrected chi connectivity index (χ0v) is 11.8. The Balaban J connectivity index is 2.06. The van der Waals surface area contributed by atoms with E-state index in [1.54, 1.807) is 10.7 Å². The molecular formula is C14H11Cl2N3. The van der Waals surface area contributed by atoms with Crippen LogP contribution < -0.4 is 0 Å². The van der Waals surface area contributed by atoms with Crippen LogP contribution in [0.4, 0.5) is 0 Å². The van der Waals surface area contributed by atoms with Crippen LogP contribution in [0, 0.1) is 0 Å². The lowest BCUT2D eigenvalue weighted by Crippen LogP contribution is -1.92. The summed E-state index contributed by atoms with van der Waals surface area (Å²) in [5.74, 6) is 0. The van der Waals surface area contributed by atoms with Crippen molar-refractivity contribution in [3.05, 3.63) is 57.6 Å². The van der Waals surface area contributed by atoms with Crippen molar-refractivity contribution < 1.29 is 0 Å². The van der Waals surface area contributed by atoms with Gasteiger partial charge in [-0.3, -0.25) is 0 Å². The molecule has 0 radical (unpaired) electrons. The smallest absolute Gasteiger partial charge is 0.116 e. The fraction of sp³-hybridized carbons (Fsp3) is 0.143. The van der Waals surface area contributed by atoms with E-state index >= 15 is 0 Å². The highest BCUT2D eigenvalue weighted by Crippen LogP contribution is 2.25. The zero-order valence-electron chi connectivity index (χ0n) is 10.3. The molecule has 5 heteroatoms. The minimum Gasteiger partial charge on any atom is -0.248 e. The quantitative estimate of drug-likeness (QED) is 0.718. The van der Waals surface area contributed by atoms with Crippen molar-refractivity contribution in [1.82, 2.24) is 15.0 Å². The van der Waals surface area contributed by atoms with E-state index in [4.69, 9.17) is 23.2 Å². The average Bonchev–Trinajstić information content (AvgIpc) is 2.76. The predicted molar refractivity (Wildman–Crippen MR) is 77.8 cm³/mol. The molecule has 19 heavy (non-hydrogen) atoms. The van der Waals surface area contributed by atoms with Gasteiger partial charge in [-0.05, 0) is 29.3 Å². The molecule has 0 amide bonds. The molecule has 0 N–H and O–H groups in total. The molecule has 0 fully saturated rings. The molecule has 1 heterocycles. The summed E-state index contributed by atoms with van der Waals surface area (Å²) in [6, 6.07) is 11.6. The van der Waals surface area contributed by atoms with Crippen molar-refractivity contribution in [3.63, 3.8) is 0 Å². The van der Waals surface area contributed by atoms with Crippen molar-refractivity contribution >= 4 is 34.2 Å². The van der Waals surface area contributed by atoms with E-state index in [1.165, 1.54) is 0 Å². The van der Waals surface area contributed by atoms with Gasteiger partial charge in [0.2, 0.25) is 0 Å². The molecule has 2 aromatic carbocycles. The summed E-state index contributed by atoms with van der Waals surface area (Å²) in [4.78, 5) is 0. The van der Waals surface area contributed by atoms with Gasteiger partial charge >= 0.3 is 0 Å². The molecule has 0 saturated heterocycles. The number of rotatable bonds is 2. The van der Waals surface area contributed by atoms with Crippen LogP contribution in [0.5, 0.6) is 0 Å². The molecule has 3 rings (SSSR count). The topological polar surface area (TPSA) is 30.7 Å². The van der Waals surface area contributed by atoms with Crippen LogP contribution in [0.1, 0.15) is 11.1 Å². The highest BCUT2D eigenvalue weighted by Gasteiger charge is 2.09. The Bertz CT molecular complexity index is 750. The van der Waals surface area contributed by atoms with Crippen molar-refractivity contribution in [3.8, 4) is 0 Å². The molecule has 0 aliphatic carbocycles. The normalized spacial score (nSPS) is 11.1. The van der Waals surface area contributed by atoms with Gasteiger partial charge in [-0.25, -0.2) is 4.68 Å². The Morgan fingerprint density at radius 1 is 1.11 bits per heavy atom. The summed E-state index contributed by atoms with van der Waals surface area (Å²) in [5, 5.41) is 9.57. The van der Waals surface area contributed by atoms with Crippen LogP contribution in [-0.2, 0) is 13.5 Å². The van der Waals surface area contributed by atoms with E-state index in [0.29, 0.717) is 16.5 Å². The number of aryl methyl sites for hydroxylation is 1. The van der Waals surface area contributed by atoms with Gasteiger partial charge < -0.3 is 0 Å². The first kappa shape index (κ1) is 12.5. The third-order valence-corrected chi connectivity index (χ3v) is 3.71. The summed E-state index contributed by atoms with van der Waals surface area (Å²) >= 11 is 12.1. The molecule has 0 saturated carbocycles. The third-order valence-electron chi connectivity index (χ3n) is 3.12. The second kappa shape index (κ2) is 4.83. The van der Waals surface area contributed by atoms with Gasteiger partial charge in [0.05, 0.1) is 5.52 Å².